The second kappa shape index (κ2) is 8.10. The van der Waals surface area contributed by atoms with Gasteiger partial charge in [0.05, 0.1) is 16.9 Å². The summed E-state index contributed by atoms with van der Waals surface area (Å²) in [4.78, 5) is 14.3. The summed E-state index contributed by atoms with van der Waals surface area (Å²) in [5.41, 5.74) is 2.75. The first-order valence-corrected chi connectivity index (χ1v) is 9.91. The molecule has 0 saturated carbocycles. The highest BCUT2D eigenvalue weighted by Crippen LogP contribution is 2.13. The Bertz CT molecular complexity index is 1090. The first-order valence-electron chi connectivity index (χ1n) is 8.43. The van der Waals surface area contributed by atoms with Gasteiger partial charge in [-0.05, 0) is 55.8 Å². The van der Waals surface area contributed by atoms with Crippen LogP contribution < -0.4 is 10.1 Å². The average molecular weight is 397 g/mol. The Morgan fingerprint density at radius 2 is 1.68 bits per heavy atom. The Kier molecular flexibility index (Phi) is 5.60. The van der Waals surface area contributed by atoms with E-state index < -0.39 is 10.0 Å². The minimum Gasteiger partial charge on any atom is -0.459 e. The molecule has 0 unspecified atom stereocenters. The van der Waals surface area contributed by atoms with Gasteiger partial charge in [-0.15, -0.1) is 0 Å². The number of furan rings is 1. The van der Waals surface area contributed by atoms with Crippen molar-refractivity contribution in [3.63, 3.8) is 0 Å². The number of rotatable bonds is 6. The van der Waals surface area contributed by atoms with Crippen LogP contribution in [0.3, 0.4) is 0 Å². The van der Waals surface area contributed by atoms with Crippen molar-refractivity contribution in [2.24, 2.45) is 5.10 Å². The molecular formula is C20H19N3O4S. The summed E-state index contributed by atoms with van der Waals surface area (Å²) < 4.78 is 29.6. The highest BCUT2D eigenvalue weighted by atomic mass is 32.2. The standard InChI is InChI=1S/C20H19N3O4S/c1-14-5-11-18(12-6-14)28(25,26)23-22-15(2)16-7-9-17(10-8-16)21-20(24)19-4-3-13-27-19/h3-13,23H,1-2H3,(H,21,24). The van der Waals surface area contributed by atoms with Gasteiger partial charge >= 0.3 is 0 Å². The molecule has 0 aliphatic rings. The molecule has 1 heterocycles. The summed E-state index contributed by atoms with van der Waals surface area (Å²) >= 11 is 0. The largest absolute Gasteiger partial charge is 0.459 e. The van der Waals surface area contributed by atoms with Crippen LogP contribution in [0.25, 0.3) is 0 Å². The topological polar surface area (TPSA) is 101 Å². The number of anilines is 1. The van der Waals surface area contributed by atoms with Crippen LogP contribution in [0.15, 0.2) is 81.3 Å². The summed E-state index contributed by atoms with van der Waals surface area (Å²) in [5, 5.41) is 6.68. The Morgan fingerprint density at radius 3 is 2.29 bits per heavy atom. The zero-order valence-corrected chi connectivity index (χ0v) is 16.2. The van der Waals surface area contributed by atoms with Crippen molar-refractivity contribution in [2.75, 3.05) is 5.32 Å². The Morgan fingerprint density at radius 1 is 1.00 bits per heavy atom. The highest BCUT2D eigenvalue weighted by Gasteiger charge is 2.13. The first-order chi connectivity index (χ1) is 13.3. The number of hydrogen-bond donors (Lipinski definition) is 2. The van der Waals surface area contributed by atoms with Crippen LogP contribution in [0.2, 0.25) is 0 Å². The number of hydrogen-bond acceptors (Lipinski definition) is 5. The number of aryl methyl sites for hydroxylation is 1. The van der Waals surface area contributed by atoms with Crippen LogP contribution in [0.1, 0.15) is 28.6 Å². The number of nitrogens with zero attached hydrogens (tertiary/aromatic N) is 1. The molecule has 0 saturated heterocycles. The van der Waals surface area contributed by atoms with E-state index in [1.54, 1.807) is 55.5 Å². The van der Waals surface area contributed by atoms with Crippen LogP contribution in [-0.2, 0) is 10.0 Å². The predicted octanol–water partition coefficient (Wildman–Crippen LogP) is 3.54. The third kappa shape index (κ3) is 4.66. The van der Waals surface area contributed by atoms with E-state index in [4.69, 9.17) is 4.42 Å². The lowest BCUT2D eigenvalue weighted by atomic mass is 10.1. The SMILES string of the molecule is CC(=NNS(=O)(=O)c1ccc(C)cc1)c1ccc(NC(=O)c2ccco2)cc1. The summed E-state index contributed by atoms with van der Waals surface area (Å²) in [5.74, 6) is -0.138. The fraction of sp³-hybridized carbons (Fsp3) is 0.100. The van der Waals surface area contributed by atoms with Crippen LogP contribution in [-0.4, -0.2) is 20.0 Å². The molecule has 3 rings (SSSR count). The van der Waals surface area contributed by atoms with Crippen LogP contribution in [0.4, 0.5) is 5.69 Å². The zero-order valence-electron chi connectivity index (χ0n) is 15.3. The van der Waals surface area contributed by atoms with Gasteiger partial charge in [0.15, 0.2) is 5.76 Å². The van der Waals surface area contributed by atoms with Gasteiger partial charge in [-0.2, -0.15) is 18.4 Å². The lowest BCUT2D eigenvalue weighted by Gasteiger charge is -2.07. The molecule has 0 bridgehead atoms. The van der Waals surface area contributed by atoms with E-state index in [2.05, 4.69) is 15.2 Å². The van der Waals surface area contributed by atoms with E-state index in [9.17, 15) is 13.2 Å². The van der Waals surface area contributed by atoms with Crippen molar-refractivity contribution in [1.82, 2.24) is 4.83 Å². The second-order valence-corrected chi connectivity index (χ2v) is 7.77. The Balaban J connectivity index is 1.67. The van der Waals surface area contributed by atoms with Gasteiger partial charge in [0.1, 0.15) is 0 Å². The minimum atomic E-state index is -3.73. The zero-order chi connectivity index (χ0) is 20.1. The van der Waals surface area contributed by atoms with Crippen LogP contribution >= 0.6 is 0 Å². The van der Waals surface area contributed by atoms with Gasteiger partial charge in [0, 0.05) is 5.69 Å². The maximum absolute atomic E-state index is 12.3. The lowest BCUT2D eigenvalue weighted by molar-refractivity contribution is 0.0996. The van der Waals surface area contributed by atoms with Crippen molar-refractivity contribution in [3.05, 3.63) is 83.8 Å². The number of amides is 1. The van der Waals surface area contributed by atoms with E-state index in [1.807, 2.05) is 6.92 Å². The van der Waals surface area contributed by atoms with E-state index >= 15 is 0 Å². The molecule has 0 aliphatic carbocycles. The maximum atomic E-state index is 12.3. The van der Waals surface area contributed by atoms with E-state index in [0.717, 1.165) is 5.56 Å². The van der Waals surface area contributed by atoms with Crippen molar-refractivity contribution in [2.45, 2.75) is 18.7 Å². The number of carbonyl (C=O) groups excluding carboxylic acids is 1. The van der Waals surface area contributed by atoms with Crippen molar-refractivity contribution in [3.8, 4) is 0 Å². The van der Waals surface area contributed by atoms with E-state index in [-0.39, 0.29) is 16.6 Å². The maximum Gasteiger partial charge on any atom is 0.291 e. The predicted molar refractivity (Wildman–Crippen MR) is 107 cm³/mol. The van der Waals surface area contributed by atoms with Gasteiger partial charge in [-0.25, -0.2) is 0 Å². The van der Waals surface area contributed by atoms with Gasteiger partial charge in [-0.1, -0.05) is 29.8 Å². The average Bonchev–Trinajstić information content (AvgIpc) is 3.22. The number of hydrazone groups is 1. The number of benzene rings is 2. The first kappa shape index (κ1) is 19.4. The summed E-state index contributed by atoms with van der Waals surface area (Å²) in [6.45, 7) is 3.57. The second-order valence-electron chi connectivity index (χ2n) is 6.11. The molecule has 28 heavy (non-hydrogen) atoms. The summed E-state index contributed by atoms with van der Waals surface area (Å²) in [6.07, 6.45) is 1.43. The number of sulfonamides is 1. The molecule has 0 fully saturated rings. The van der Waals surface area contributed by atoms with Crippen molar-refractivity contribution >= 4 is 27.3 Å². The molecule has 144 valence electrons. The quantitative estimate of drug-likeness (QED) is 0.491. The van der Waals surface area contributed by atoms with Gasteiger partial charge in [-0.3, -0.25) is 4.79 Å². The summed E-state index contributed by atoms with van der Waals surface area (Å²) in [7, 11) is -3.73. The molecule has 0 spiro atoms. The van der Waals surface area contributed by atoms with Gasteiger partial charge in [0.2, 0.25) is 0 Å². The minimum absolute atomic E-state index is 0.144. The van der Waals surface area contributed by atoms with Crippen LogP contribution in [0, 0.1) is 6.92 Å². The molecule has 3 aromatic rings. The molecule has 2 N–H and O–H groups in total. The monoisotopic (exact) mass is 397 g/mol. The Hall–Kier alpha value is -3.39. The number of nitrogens with one attached hydrogen (secondary N) is 2. The molecule has 7 nitrogen and oxygen atoms in total. The number of carbonyl (C=O) groups is 1. The van der Waals surface area contributed by atoms with E-state index in [0.29, 0.717) is 17.0 Å². The highest BCUT2D eigenvalue weighted by molar-refractivity contribution is 7.89. The third-order valence-corrected chi connectivity index (χ3v) is 5.19. The lowest BCUT2D eigenvalue weighted by Crippen LogP contribution is -2.20. The molecule has 2 aromatic carbocycles. The Labute approximate surface area is 163 Å². The molecule has 0 radical (unpaired) electrons. The van der Waals surface area contributed by atoms with Gasteiger partial charge in [0.25, 0.3) is 15.9 Å². The smallest absolute Gasteiger partial charge is 0.291 e. The molecule has 8 heteroatoms. The van der Waals surface area contributed by atoms with Crippen molar-refractivity contribution in [1.29, 1.82) is 0 Å². The molecule has 0 atom stereocenters. The fourth-order valence-electron chi connectivity index (χ4n) is 2.36. The third-order valence-electron chi connectivity index (χ3n) is 3.97. The normalized spacial score (nSPS) is 11.9. The van der Waals surface area contributed by atoms with Crippen LogP contribution in [0.5, 0.6) is 0 Å². The molecule has 0 aliphatic heterocycles. The fourth-order valence-corrected chi connectivity index (χ4v) is 3.22. The van der Waals surface area contributed by atoms with E-state index in [1.165, 1.54) is 18.4 Å². The molecular weight excluding hydrogens is 378 g/mol. The molecule has 1 amide bonds. The van der Waals surface area contributed by atoms with Gasteiger partial charge < -0.3 is 9.73 Å². The molecule has 1 aromatic heterocycles. The summed E-state index contributed by atoms with van der Waals surface area (Å²) in [6, 6.07) is 16.6. The van der Waals surface area contributed by atoms with Crippen molar-refractivity contribution < 1.29 is 17.6 Å².